The Morgan fingerprint density at radius 1 is 1.15 bits per heavy atom. The fourth-order valence-electron chi connectivity index (χ4n) is 4.36. The van der Waals surface area contributed by atoms with E-state index in [2.05, 4.69) is 13.0 Å². The smallest absolute Gasteiger partial charge is 0.234 e. The van der Waals surface area contributed by atoms with Gasteiger partial charge in [0.25, 0.3) is 0 Å². The van der Waals surface area contributed by atoms with Gasteiger partial charge in [-0.3, -0.25) is 14.5 Å². The van der Waals surface area contributed by atoms with Crippen molar-refractivity contribution in [1.29, 1.82) is 5.26 Å². The molecule has 2 saturated carbocycles. The average Bonchev–Trinajstić information content (AvgIpc) is 3.04. The summed E-state index contributed by atoms with van der Waals surface area (Å²) in [5.74, 6) is 0.264. The van der Waals surface area contributed by atoms with Crippen molar-refractivity contribution in [2.24, 2.45) is 17.8 Å². The molecule has 0 radical (unpaired) electrons. The molecule has 3 rings (SSSR count). The number of rotatable bonds is 2. The first-order valence-corrected chi connectivity index (χ1v) is 7.92. The molecule has 4 heteroatoms. The van der Waals surface area contributed by atoms with Gasteiger partial charge in [0.15, 0.2) is 0 Å². The van der Waals surface area contributed by atoms with Gasteiger partial charge in [0.1, 0.15) is 5.54 Å². The van der Waals surface area contributed by atoms with Crippen LogP contribution in [0.15, 0.2) is 0 Å². The number of hydrogen-bond acceptors (Lipinski definition) is 3. The standard InChI is InChI=1S/C16H22N2O2/c1-2-11-6-8-16(10-17,9-7-11)18-14(19)12-4-3-5-13(12)15(18)20/h11-13H,2-9H2,1H3. The van der Waals surface area contributed by atoms with Crippen LogP contribution in [0.2, 0.25) is 0 Å². The van der Waals surface area contributed by atoms with E-state index in [4.69, 9.17) is 0 Å². The molecule has 0 N–H and O–H groups in total. The quantitative estimate of drug-likeness (QED) is 0.727. The van der Waals surface area contributed by atoms with Crippen LogP contribution >= 0.6 is 0 Å². The minimum atomic E-state index is -0.843. The number of nitriles is 1. The molecule has 0 spiro atoms. The van der Waals surface area contributed by atoms with Gasteiger partial charge < -0.3 is 0 Å². The third kappa shape index (κ3) is 1.79. The summed E-state index contributed by atoms with van der Waals surface area (Å²) < 4.78 is 0. The molecule has 108 valence electrons. The van der Waals surface area contributed by atoms with E-state index in [9.17, 15) is 14.9 Å². The molecular weight excluding hydrogens is 252 g/mol. The van der Waals surface area contributed by atoms with Crippen LogP contribution in [0.5, 0.6) is 0 Å². The number of fused-ring (bicyclic) bond motifs is 1. The van der Waals surface area contributed by atoms with E-state index < -0.39 is 5.54 Å². The van der Waals surface area contributed by atoms with Crippen molar-refractivity contribution in [1.82, 2.24) is 4.90 Å². The Morgan fingerprint density at radius 3 is 2.15 bits per heavy atom. The Kier molecular flexibility index (Phi) is 3.32. The summed E-state index contributed by atoms with van der Waals surface area (Å²) in [6.45, 7) is 2.17. The van der Waals surface area contributed by atoms with Gasteiger partial charge in [0.2, 0.25) is 11.8 Å². The second-order valence-corrected chi connectivity index (χ2v) is 6.65. The lowest BCUT2D eigenvalue weighted by atomic mass is 9.75. The fraction of sp³-hybridized carbons (Fsp3) is 0.812. The Morgan fingerprint density at radius 2 is 1.70 bits per heavy atom. The predicted octanol–water partition coefficient (Wildman–Crippen LogP) is 2.63. The van der Waals surface area contributed by atoms with Crippen LogP contribution in [0, 0.1) is 29.1 Å². The number of carbonyl (C=O) groups excluding carboxylic acids is 2. The number of nitrogens with zero attached hydrogens (tertiary/aromatic N) is 2. The van der Waals surface area contributed by atoms with E-state index in [1.807, 2.05) is 0 Å². The Bertz CT molecular complexity index is 449. The van der Waals surface area contributed by atoms with Gasteiger partial charge in [0, 0.05) is 0 Å². The minimum Gasteiger partial charge on any atom is -0.274 e. The van der Waals surface area contributed by atoms with Crippen molar-refractivity contribution in [3.8, 4) is 6.07 Å². The Labute approximate surface area is 120 Å². The van der Waals surface area contributed by atoms with Gasteiger partial charge >= 0.3 is 0 Å². The Balaban J connectivity index is 1.86. The first-order chi connectivity index (χ1) is 9.63. The van der Waals surface area contributed by atoms with Crippen molar-refractivity contribution in [3.05, 3.63) is 0 Å². The lowest BCUT2D eigenvalue weighted by Gasteiger charge is -2.40. The van der Waals surface area contributed by atoms with Crippen molar-refractivity contribution < 1.29 is 9.59 Å². The summed E-state index contributed by atoms with van der Waals surface area (Å²) in [5.41, 5.74) is -0.843. The van der Waals surface area contributed by atoms with Crippen molar-refractivity contribution in [2.45, 2.75) is 63.8 Å². The number of likely N-dealkylation sites (tertiary alicyclic amines) is 1. The molecule has 0 aromatic rings. The molecule has 0 aromatic heterocycles. The van der Waals surface area contributed by atoms with Crippen LogP contribution < -0.4 is 0 Å². The van der Waals surface area contributed by atoms with Gasteiger partial charge in [-0.2, -0.15) is 5.26 Å². The first kappa shape index (κ1) is 13.6. The maximum absolute atomic E-state index is 12.6. The largest absolute Gasteiger partial charge is 0.274 e. The lowest BCUT2D eigenvalue weighted by molar-refractivity contribution is -0.147. The second-order valence-electron chi connectivity index (χ2n) is 6.65. The highest BCUT2D eigenvalue weighted by molar-refractivity contribution is 6.06. The number of amides is 2. The van der Waals surface area contributed by atoms with Crippen LogP contribution in [0.3, 0.4) is 0 Å². The van der Waals surface area contributed by atoms with Gasteiger partial charge in [-0.15, -0.1) is 0 Å². The summed E-state index contributed by atoms with van der Waals surface area (Å²) in [7, 11) is 0. The molecule has 3 fully saturated rings. The highest BCUT2D eigenvalue weighted by atomic mass is 16.2. The third-order valence-corrected chi connectivity index (χ3v) is 5.74. The second kappa shape index (κ2) is 4.87. The zero-order valence-corrected chi connectivity index (χ0v) is 12.1. The normalized spacial score (nSPS) is 40.8. The van der Waals surface area contributed by atoms with Gasteiger partial charge in [0.05, 0.1) is 17.9 Å². The van der Waals surface area contributed by atoms with Gasteiger partial charge in [-0.05, 0) is 44.4 Å². The molecule has 2 aliphatic carbocycles. The Hall–Kier alpha value is -1.37. The lowest BCUT2D eigenvalue weighted by Crippen LogP contribution is -2.53. The van der Waals surface area contributed by atoms with E-state index >= 15 is 0 Å². The molecule has 2 amide bonds. The molecule has 0 bridgehead atoms. The van der Waals surface area contributed by atoms with Crippen molar-refractivity contribution in [2.75, 3.05) is 0 Å². The van der Waals surface area contributed by atoms with E-state index in [0.29, 0.717) is 18.8 Å². The molecule has 20 heavy (non-hydrogen) atoms. The topological polar surface area (TPSA) is 61.2 Å². The number of imide groups is 1. The van der Waals surface area contributed by atoms with Crippen LogP contribution in [0.25, 0.3) is 0 Å². The minimum absolute atomic E-state index is 0.0611. The van der Waals surface area contributed by atoms with Crippen molar-refractivity contribution in [3.63, 3.8) is 0 Å². The maximum Gasteiger partial charge on any atom is 0.234 e. The zero-order chi connectivity index (χ0) is 14.3. The summed E-state index contributed by atoms with van der Waals surface area (Å²) in [6.07, 6.45) is 6.98. The molecule has 2 unspecified atom stereocenters. The molecule has 1 heterocycles. The molecular formula is C16H22N2O2. The molecule has 0 aromatic carbocycles. The molecule has 4 nitrogen and oxygen atoms in total. The van der Waals surface area contributed by atoms with E-state index in [-0.39, 0.29) is 23.7 Å². The first-order valence-electron chi connectivity index (χ1n) is 7.92. The van der Waals surface area contributed by atoms with Crippen LogP contribution in [-0.4, -0.2) is 22.3 Å². The van der Waals surface area contributed by atoms with E-state index in [1.54, 1.807) is 0 Å². The van der Waals surface area contributed by atoms with Crippen LogP contribution in [0.1, 0.15) is 58.3 Å². The third-order valence-electron chi connectivity index (χ3n) is 5.74. The predicted molar refractivity (Wildman–Crippen MR) is 73.3 cm³/mol. The maximum atomic E-state index is 12.6. The average molecular weight is 274 g/mol. The molecule has 1 saturated heterocycles. The SMILES string of the molecule is CCC1CCC(C#N)(N2C(=O)C3CCCC3C2=O)CC1. The fourth-order valence-corrected chi connectivity index (χ4v) is 4.36. The summed E-state index contributed by atoms with van der Waals surface area (Å²) in [5, 5.41) is 9.66. The molecule has 2 atom stereocenters. The van der Waals surface area contributed by atoms with E-state index in [0.717, 1.165) is 38.5 Å². The number of hydrogen-bond donors (Lipinski definition) is 0. The molecule has 3 aliphatic rings. The van der Waals surface area contributed by atoms with Gasteiger partial charge in [-0.1, -0.05) is 19.8 Å². The van der Waals surface area contributed by atoms with Gasteiger partial charge in [-0.25, -0.2) is 0 Å². The summed E-state index contributed by atoms with van der Waals surface area (Å²) in [4.78, 5) is 26.5. The monoisotopic (exact) mass is 274 g/mol. The summed E-state index contributed by atoms with van der Waals surface area (Å²) >= 11 is 0. The number of carbonyl (C=O) groups is 2. The zero-order valence-electron chi connectivity index (χ0n) is 12.1. The van der Waals surface area contributed by atoms with Crippen LogP contribution in [-0.2, 0) is 9.59 Å². The molecule has 1 aliphatic heterocycles. The van der Waals surface area contributed by atoms with Crippen molar-refractivity contribution >= 4 is 11.8 Å². The van der Waals surface area contributed by atoms with E-state index in [1.165, 1.54) is 4.90 Å². The highest BCUT2D eigenvalue weighted by Gasteiger charge is 2.57. The summed E-state index contributed by atoms with van der Waals surface area (Å²) in [6, 6.07) is 2.34. The highest BCUT2D eigenvalue weighted by Crippen LogP contribution is 2.46. The van der Waals surface area contributed by atoms with Crippen LogP contribution in [0.4, 0.5) is 0 Å².